The first-order valence-corrected chi connectivity index (χ1v) is 8.61. The van der Waals surface area contributed by atoms with Gasteiger partial charge in [-0.25, -0.2) is 9.78 Å². The van der Waals surface area contributed by atoms with E-state index in [1.165, 1.54) is 18.2 Å². The number of pyridine rings is 1. The Labute approximate surface area is 162 Å². The topological polar surface area (TPSA) is 78.9 Å². The Balaban J connectivity index is 1.86. The molecule has 2 aromatic heterocycles. The van der Waals surface area contributed by atoms with Gasteiger partial charge in [-0.3, -0.25) is 5.10 Å². The van der Waals surface area contributed by atoms with E-state index in [0.717, 1.165) is 23.3 Å². The number of benzene rings is 2. The van der Waals surface area contributed by atoms with Crippen LogP contribution in [-0.4, -0.2) is 26.3 Å². The van der Waals surface area contributed by atoms with Crippen molar-refractivity contribution in [2.75, 3.05) is 0 Å². The van der Waals surface area contributed by atoms with Crippen molar-refractivity contribution in [2.24, 2.45) is 0 Å². The van der Waals surface area contributed by atoms with Crippen molar-refractivity contribution in [1.82, 2.24) is 15.2 Å². The van der Waals surface area contributed by atoms with Gasteiger partial charge in [-0.1, -0.05) is 42.0 Å². The monoisotopic (exact) mass is 397 g/mol. The quantitative estimate of drug-likeness (QED) is 0.491. The molecule has 0 atom stereocenters. The summed E-state index contributed by atoms with van der Waals surface area (Å²) in [7, 11) is 0. The van der Waals surface area contributed by atoms with Gasteiger partial charge < -0.3 is 5.11 Å². The average molecular weight is 397 g/mol. The molecule has 0 saturated heterocycles. The van der Waals surface area contributed by atoms with Gasteiger partial charge in [0.25, 0.3) is 0 Å². The number of halogens is 3. The summed E-state index contributed by atoms with van der Waals surface area (Å²) < 4.78 is 38.3. The zero-order chi connectivity index (χ0) is 20.8. The van der Waals surface area contributed by atoms with E-state index in [2.05, 4.69) is 15.2 Å². The van der Waals surface area contributed by atoms with E-state index in [-0.39, 0.29) is 16.9 Å². The fraction of sp³-hybridized carbons (Fsp3) is 0.0952. The number of aromatic nitrogens is 3. The zero-order valence-corrected chi connectivity index (χ0v) is 15.1. The number of aromatic carboxylic acids is 1. The minimum atomic E-state index is -4.45. The van der Waals surface area contributed by atoms with Crippen molar-refractivity contribution >= 4 is 17.0 Å². The van der Waals surface area contributed by atoms with Crippen LogP contribution >= 0.6 is 0 Å². The summed E-state index contributed by atoms with van der Waals surface area (Å²) in [5.74, 6) is -1.18. The number of alkyl halides is 3. The van der Waals surface area contributed by atoms with E-state index in [0.29, 0.717) is 16.6 Å². The molecule has 0 spiro atoms. The molecule has 29 heavy (non-hydrogen) atoms. The van der Waals surface area contributed by atoms with Gasteiger partial charge in [0.2, 0.25) is 0 Å². The lowest BCUT2D eigenvalue weighted by molar-refractivity contribution is -0.137. The summed E-state index contributed by atoms with van der Waals surface area (Å²) in [6.45, 7) is 1.94. The first-order chi connectivity index (χ1) is 13.7. The number of carbonyl (C=O) groups is 1. The molecule has 0 amide bonds. The molecule has 0 fully saturated rings. The average Bonchev–Trinajstić information content (AvgIpc) is 3.11. The van der Waals surface area contributed by atoms with Gasteiger partial charge in [0.05, 0.1) is 27.9 Å². The zero-order valence-electron chi connectivity index (χ0n) is 15.1. The van der Waals surface area contributed by atoms with Crippen LogP contribution in [0.25, 0.3) is 33.5 Å². The van der Waals surface area contributed by atoms with Gasteiger partial charge in [-0.2, -0.15) is 18.3 Å². The van der Waals surface area contributed by atoms with E-state index in [9.17, 15) is 23.1 Å². The lowest BCUT2D eigenvalue weighted by Gasteiger charge is -2.08. The lowest BCUT2D eigenvalue weighted by Crippen LogP contribution is -2.04. The van der Waals surface area contributed by atoms with E-state index in [1.807, 2.05) is 31.2 Å². The Hall–Kier alpha value is -3.68. The Bertz CT molecular complexity index is 1210. The van der Waals surface area contributed by atoms with Crippen LogP contribution in [0.5, 0.6) is 0 Å². The molecule has 0 aliphatic carbocycles. The molecule has 146 valence electrons. The first kappa shape index (κ1) is 18.7. The van der Waals surface area contributed by atoms with Crippen LogP contribution in [0.15, 0.2) is 54.6 Å². The van der Waals surface area contributed by atoms with Gasteiger partial charge in [0.1, 0.15) is 0 Å². The van der Waals surface area contributed by atoms with Crippen LogP contribution in [0.1, 0.15) is 21.5 Å². The second-order valence-electron chi connectivity index (χ2n) is 6.60. The third kappa shape index (κ3) is 3.44. The molecule has 0 unspecified atom stereocenters. The Morgan fingerprint density at radius 1 is 1.00 bits per heavy atom. The number of aryl methyl sites for hydroxylation is 1. The number of hydrogen-bond donors (Lipinski definition) is 2. The predicted octanol–water partition coefficient (Wildman–Crippen LogP) is 5.32. The summed E-state index contributed by atoms with van der Waals surface area (Å²) in [5, 5.41) is 17.0. The SMILES string of the molecule is Cc1ccc(-c2[nH]nc3nc(-c4ccc(C(F)(F)F)cc4)cc(C(=O)O)c23)cc1. The number of fused-ring (bicyclic) bond motifs is 1. The second kappa shape index (κ2) is 6.73. The van der Waals surface area contributed by atoms with Crippen molar-refractivity contribution < 1.29 is 23.1 Å². The molecule has 0 saturated carbocycles. The molecular formula is C21H14F3N3O2. The third-order valence-corrected chi connectivity index (χ3v) is 4.60. The van der Waals surface area contributed by atoms with Crippen LogP contribution in [0, 0.1) is 6.92 Å². The Morgan fingerprint density at radius 3 is 2.21 bits per heavy atom. The number of hydrogen-bond acceptors (Lipinski definition) is 3. The highest BCUT2D eigenvalue weighted by Gasteiger charge is 2.30. The summed E-state index contributed by atoms with van der Waals surface area (Å²) in [4.78, 5) is 16.3. The number of rotatable bonds is 3. The number of nitrogens with zero attached hydrogens (tertiary/aromatic N) is 2. The molecule has 5 nitrogen and oxygen atoms in total. The fourth-order valence-corrected chi connectivity index (χ4v) is 3.10. The maximum atomic E-state index is 12.8. The van der Waals surface area contributed by atoms with Gasteiger partial charge in [0, 0.05) is 11.1 Å². The normalized spacial score (nSPS) is 11.7. The number of aromatic amines is 1. The van der Waals surface area contributed by atoms with E-state index in [4.69, 9.17) is 0 Å². The molecule has 0 aliphatic rings. The fourth-order valence-electron chi connectivity index (χ4n) is 3.10. The van der Waals surface area contributed by atoms with Gasteiger partial charge in [-0.15, -0.1) is 0 Å². The smallest absolute Gasteiger partial charge is 0.416 e. The molecule has 0 bridgehead atoms. The van der Waals surface area contributed by atoms with E-state index < -0.39 is 17.7 Å². The number of H-pyrrole nitrogens is 1. The van der Waals surface area contributed by atoms with Crippen molar-refractivity contribution in [1.29, 1.82) is 0 Å². The van der Waals surface area contributed by atoms with Crippen LogP contribution in [0.2, 0.25) is 0 Å². The Morgan fingerprint density at radius 2 is 1.62 bits per heavy atom. The van der Waals surface area contributed by atoms with E-state index in [1.54, 1.807) is 0 Å². The second-order valence-corrected chi connectivity index (χ2v) is 6.60. The van der Waals surface area contributed by atoms with E-state index >= 15 is 0 Å². The molecule has 0 radical (unpaired) electrons. The summed E-state index contributed by atoms with van der Waals surface area (Å²) in [6.07, 6.45) is -4.45. The van der Waals surface area contributed by atoms with Crippen LogP contribution in [0.4, 0.5) is 13.2 Å². The standard InChI is InChI=1S/C21H14F3N3O2/c1-11-2-4-13(5-3-11)18-17-15(20(28)29)10-16(25-19(17)27-26-18)12-6-8-14(9-7-12)21(22,23)24/h2-10H,1H3,(H,28,29)(H,25,26,27). The number of carboxylic acids is 1. The minimum Gasteiger partial charge on any atom is -0.478 e. The molecule has 4 aromatic rings. The first-order valence-electron chi connectivity index (χ1n) is 8.61. The molecule has 2 N–H and O–H groups in total. The Kier molecular flexibility index (Phi) is 4.34. The maximum absolute atomic E-state index is 12.8. The number of carboxylic acid groups (broad SMARTS) is 1. The van der Waals surface area contributed by atoms with Crippen LogP contribution in [0.3, 0.4) is 0 Å². The maximum Gasteiger partial charge on any atom is 0.416 e. The molecular weight excluding hydrogens is 383 g/mol. The number of nitrogens with one attached hydrogen (secondary N) is 1. The largest absolute Gasteiger partial charge is 0.478 e. The van der Waals surface area contributed by atoms with Crippen molar-refractivity contribution in [3.05, 3.63) is 71.3 Å². The minimum absolute atomic E-state index is 0.0331. The summed E-state index contributed by atoms with van der Waals surface area (Å²) >= 11 is 0. The van der Waals surface area contributed by atoms with Crippen LogP contribution < -0.4 is 0 Å². The van der Waals surface area contributed by atoms with Gasteiger partial charge in [-0.05, 0) is 25.1 Å². The lowest BCUT2D eigenvalue weighted by atomic mass is 10.0. The van der Waals surface area contributed by atoms with Crippen LogP contribution in [-0.2, 0) is 6.18 Å². The molecule has 4 rings (SSSR count). The summed E-state index contributed by atoms with van der Waals surface area (Å²) in [5.41, 5.74) is 2.27. The molecule has 2 heterocycles. The highest BCUT2D eigenvalue weighted by atomic mass is 19.4. The highest BCUT2D eigenvalue weighted by molar-refractivity contribution is 6.08. The van der Waals surface area contributed by atoms with Gasteiger partial charge in [0.15, 0.2) is 5.65 Å². The van der Waals surface area contributed by atoms with Gasteiger partial charge >= 0.3 is 12.1 Å². The molecule has 0 aliphatic heterocycles. The predicted molar refractivity (Wildman–Crippen MR) is 101 cm³/mol. The summed E-state index contributed by atoms with van der Waals surface area (Å²) in [6, 6.07) is 13.2. The van der Waals surface area contributed by atoms with Crippen molar-refractivity contribution in [2.45, 2.75) is 13.1 Å². The van der Waals surface area contributed by atoms with Crippen molar-refractivity contribution in [3.8, 4) is 22.5 Å². The van der Waals surface area contributed by atoms with Crippen molar-refractivity contribution in [3.63, 3.8) is 0 Å². The molecule has 8 heteroatoms. The molecule has 2 aromatic carbocycles. The highest BCUT2D eigenvalue weighted by Crippen LogP contribution is 2.33. The third-order valence-electron chi connectivity index (χ3n) is 4.60.